The second-order valence-electron chi connectivity index (χ2n) is 14.5. The normalized spacial score (nSPS) is 17.5. The minimum atomic E-state index is -5.08. The molecule has 3 saturated heterocycles. The standard InChI is InChI=1S/C32H39N5O.4C2HF3O2/c1-35-11-13-36(14-12-35)21-25-6-4-10-29(17-25)32(38)34-19-24-5-2-8-27(15-24)28-9-3-7-26(16-28)22-37-23-30-18-31(37)20-33-30;4*3-2(4,5)1(6)7/h2-10,15-17,30-31,33H,11-14,18-23H2,1H3,(H,34,38);4*(H,6,7)/t30-,31+;;;;/m1..../s1. The van der Waals surface area contributed by atoms with Gasteiger partial charge in [0, 0.05) is 76.5 Å². The van der Waals surface area contributed by atoms with Crippen LogP contribution >= 0.6 is 0 Å². The number of halogens is 12. The maximum atomic E-state index is 13.0. The van der Waals surface area contributed by atoms with Crippen LogP contribution < -0.4 is 10.6 Å². The van der Waals surface area contributed by atoms with E-state index in [-0.39, 0.29) is 5.91 Å². The molecule has 6 N–H and O–H groups in total. The van der Waals surface area contributed by atoms with E-state index in [1.807, 2.05) is 18.2 Å². The van der Waals surface area contributed by atoms with Crippen molar-refractivity contribution in [3.8, 4) is 11.1 Å². The second kappa shape index (κ2) is 24.5. The number of carbonyl (C=O) groups excluding carboxylic acids is 1. The van der Waals surface area contributed by atoms with Crippen molar-refractivity contribution in [2.24, 2.45) is 0 Å². The van der Waals surface area contributed by atoms with Crippen LogP contribution in [0.25, 0.3) is 11.1 Å². The third-order valence-electron chi connectivity index (χ3n) is 9.36. The first-order valence-electron chi connectivity index (χ1n) is 19.0. The molecule has 3 aliphatic heterocycles. The van der Waals surface area contributed by atoms with E-state index in [0.29, 0.717) is 18.6 Å². The highest BCUT2D eigenvalue weighted by Crippen LogP contribution is 2.27. The lowest BCUT2D eigenvalue weighted by molar-refractivity contribution is -0.193. The number of hydrogen-bond acceptors (Lipinski definition) is 9. The number of carbonyl (C=O) groups is 5. The zero-order chi connectivity index (χ0) is 50.2. The molecule has 0 saturated carbocycles. The van der Waals surface area contributed by atoms with Crippen molar-refractivity contribution in [2.45, 2.75) is 62.8 Å². The average Bonchev–Trinajstić information content (AvgIpc) is 3.85. The number of carboxylic acids is 4. The lowest BCUT2D eigenvalue weighted by atomic mass is 10.0. The van der Waals surface area contributed by atoms with Gasteiger partial charge in [0.05, 0.1) is 0 Å². The van der Waals surface area contributed by atoms with E-state index < -0.39 is 48.6 Å². The van der Waals surface area contributed by atoms with Crippen LogP contribution in [0.3, 0.4) is 0 Å². The molecule has 14 nitrogen and oxygen atoms in total. The number of amides is 1. The fraction of sp³-hybridized carbons (Fsp3) is 0.425. The Hall–Kier alpha value is -5.99. The van der Waals surface area contributed by atoms with Crippen molar-refractivity contribution < 1.29 is 97.1 Å². The number of nitrogens with zero attached hydrogens (tertiary/aromatic N) is 3. The van der Waals surface area contributed by atoms with Gasteiger partial charge in [-0.25, -0.2) is 19.2 Å². The number of hydrogen-bond donors (Lipinski definition) is 6. The molecule has 2 atom stereocenters. The number of carboxylic acid groups (broad SMARTS) is 4. The molecule has 3 heterocycles. The van der Waals surface area contributed by atoms with Gasteiger partial charge in [0.1, 0.15) is 0 Å². The van der Waals surface area contributed by atoms with Gasteiger partial charge in [-0.05, 0) is 65.6 Å². The molecule has 3 aromatic carbocycles. The summed E-state index contributed by atoms with van der Waals surface area (Å²) in [5.74, 6) is -11.0. The van der Waals surface area contributed by atoms with Crippen molar-refractivity contribution in [2.75, 3.05) is 46.3 Å². The van der Waals surface area contributed by atoms with E-state index in [2.05, 4.69) is 87.0 Å². The van der Waals surface area contributed by atoms with Gasteiger partial charge < -0.3 is 36.0 Å². The van der Waals surface area contributed by atoms with Gasteiger partial charge in [-0.15, -0.1) is 0 Å². The highest BCUT2D eigenvalue weighted by atomic mass is 19.4. The number of aliphatic carboxylic acids is 4. The quantitative estimate of drug-likeness (QED) is 0.142. The first kappa shape index (κ1) is 56.1. The van der Waals surface area contributed by atoms with Gasteiger partial charge in [-0.2, -0.15) is 52.7 Å². The first-order chi connectivity index (χ1) is 30.4. The molecule has 1 amide bonds. The number of likely N-dealkylation sites (N-methyl/N-ethyl adjacent to an activating group) is 1. The van der Waals surface area contributed by atoms with Crippen LogP contribution in [0.2, 0.25) is 0 Å². The molecule has 0 aliphatic carbocycles. The summed E-state index contributed by atoms with van der Waals surface area (Å²) in [6.45, 7) is 9.04. The Morgan fingerprint density at radius 2 is 1.02 bits per heavy atom. The Kier molecular flexibility index (Phi) is 20.8. The summed E-state index contributed by atoms with van der Waals surface area (Å²) < 4.78 is 127. The number of likely N-dealkylation sites (tertiary alicyclic amines) is 1. The number of rotatable bonds is 8. The van der Waals surface area contributed by atoms with Crippen molar-refractivity contribution >= 4 is 29.8 Å². The molecular formula is C40H43F12N5O9. The predicted molar refractivity (Wildman–Crippen MR) is 208 cm³/mol. The molecule has 2 bridgehead atoms. The lowest BCUT2D eigenvalue weighted by Gasteiger charge is -2.32. The Morgan fingerprint density at radius 3 is 1.42 bits per heavy atom. The van der Waals surface area contributed by atoms with E-state index in [9.17, 15) is 57.5 Å². The van der Waals surface area contributed by atoms with Gasteiger partial charge in [-0.3, -0.25) is 14.6 Å². The first-order valence-corrected chi connectivity index (χ1v) is 19.0. The summed E-state index contributed by atoms with van der Waals surface area (Å²) in [5.41, 5.74) is 6.82. The monoisotopic (exact) mass is 965 g/mol. The highest BCUT2D eigenvalue weighted by molar-refractivity contribution is 5.94. The Morgan fingerprint density at radius 1 is 0.606 bits per heavy atom. The fourth-order valence-electron chi connectivity index (χ4n) is 6.14. The van der Waals surface area contributed by atoms with Crippen LogP contribution in [0.5, 0.6) is 0 Å². The molecule has 0 spiro atoms. The molecule has 3 fully saturated rings. The van der Waals surface area contributed by atoms with Crippen LogP contribution in [0, 0.1) is 0 Å². The summed E-state index contributed by atoms with van der Waals surface area (Å²) in [6.07, 6.45) is -19.0. The maximum absolute atomic E-state index is 13.0. The largest absolute Gasteiger partial charge is 0.490 e. The van der Waals surface area contributed by atoms with Gasteiger partial charge in [-0.1, -0.05) is 48.5 Å². The van der Waals surface area contributed by atoms with E-state index in [1.165, 1.54) is 28.7 Å². The number of alkyl halides is 12. The van der Waals surface area contributed by atoms with Crippen molar-refractivity contribution in [1.82, 2.24) is 25.3 Å². The fourth-order valence-corrected chi connectivity index (χ4v) is 6.14. The minimum Gasteiger partial charge on any atom is -0.475 e. The summed E-state index contributed by atoms with van der Waals surface area (Å²) in [6, 6.07) is 26.9. The van der Waals surface area contributed by atoms with E-state index in [4.69, 9.17) is 39.6 Å². The third-order valence-corrected chi connectivity index (χ3v) is 9.36. The molecule has 0 unspecified atom stereocenters. The summed E-state index contributed by atoms with van der Waals surface area (Å²) in [7, 11) is 2.17. The number of piperazine rings is 2. The molecule has 3 aromatic rings. The molecule has 366 valence electrons. The third kappa shape index (κ3) is 20.5. The van der Waals surface area contributed by atoms with Gasteiger partial charge in [0.25, 0.3) is 5.91 Å². The SMILES string of the molecule is CN1CCN(Cc2cccc(C(=O)NCc3cccc(-c4cccc(CN5C[C@H]6C[C@H]5CN6)c4)c3)c2)CC1.O=C(O)C(F)(F)F.O=C(O)C(F)(F)F.O=C(O)C(F)(F)F.O=C(O)C(F)(F)F. The lowest BCUT2D eigenvalue weighted by Crippen LogP contribution is -2.43. The molecule has 0 aromatic heterocycles. The molecule has 0 radical (unpaired) electrons. The number of nitrogens with one attached hydrogen (secondary N) is 2. The zero-order valence-corrected chi connectivity index (χ0v) is 34.4. The van der Waals surface area contributed by atoms with E-state index in [0.717, 1.165) is 63.5 Å². The topological polar surface area (TPSA) is 200 Å². The molecule has 26 heteroatoms. The Bertz CT molecular complexity index is 2000. The van der Waals surface area contributed by atoms with Gasteiger partial charge in [0.15, 0.2) is 0 Å². The van der Waals surface area contributed by atoms with Crippen LogP contribution in [0.1, 0.15) is 33.5 Å². The Balaban J connectivity index is 0.000000434. The predicted octanol–water partition coefficient (Wildman–Crippen LogP) is 6.11. The van der Waals surface area contributed by atoms with Crippen molar-refractivity contribution in [3.05, 3.63) is 95.1 Å². The van der Waals surface area contributed by atoms with Gasteiger partial charge in [0.2, 0.25) is 0 Å². The molecule has 66 heavy (non-hydrogen) atoms. The van der Waals surface area contributed by atoms with Crippen LogP contribution in [-0.4, -0.2) is 148 Å². The number of fused-ring (bicyclic) bond motifs is 2. The smallest absolute Gasteiger partial charge is 0.475 e. The highest BCUT2D eigenvalue weighted by Gasteiger charge is 2.40. The van der Waals surface area contributed by atoms with E-state index >= 15 is 0 Å². The van der Waals surface area contributed by atoms with E-state index in [1.54, 1.807) is 0 Å². The molecule has 3 aliphatic rings. The van der Waals surface area contributed by atoms with Crippen LogP contribution in [0.15, 0.2) is 72.8 Å². The summed E-state index contributed by atoms with van der Waals surface area (Å²) in [5, 5.41) is 35.2. The second-order valence-corrected chi connectivity index (χ2v) is 14.5. The Labute approximate surface area is 367 Å². The van der Waals surface area contributed by atoms with Gasteiger partial charge >= 0.3 is 48.6 Å². The minimum absolute atomic E-state index is 0.0213. The molecular weight excluding hydrogens is 922 g/mol. The maximum Gasteiger partial charge on any atom is 0.490 e. The van der Waals surface area contributed by atoms with Crippen molar-refractivity contribution in [1.29, 1.82) is 0 Å². The van der Waals surface area contributed by atoms with Crippen LogP contribution in [0.4, 0.5) is 52.7 Å². The summed E-state index contributed by atoms with van der Waals surface area (Å²) in [4.78, 5) is 56.0. The average molecular weight is 966 g/mol. The van der Waals surface area contributed by atoms with Crippen molar-refractivity contribution in [3.63, 3.8) is 0 Å². The zero-order valence-electron chi connectivity index (χ0n) is 34.4. The van der Waals surface area contributed by atoms with Crippen LogP contribution in [-0.2, 0) is 38.8 Å². The summed E-state index contributed by atoms with van der Waals surface area (Å²) >= 11 is 0. The molecule has 6 rings (SSSR count). The number of benzene rings is 3.